The molecule has 0 bridgehead atoms. The summed E-state index contributed by atoms with van der Waals surface area (Å²) in [6.45, 7) is 2.38. The lowest BCUT2D eigenvalue weighted by molar-refractivity contribution is -0.137. The third-order valence-electron chi connectivity index (χ3n) is 5.23. The molecule has 2 aromatic rings. The molecule has 0 radical (unpaired) electrons. The van der Waals surface area contributed by atoms with Crippen molar-refractivity contribution in [2.75, 3.05) is 25.0 Å². The van der Waals surface area contributed by atoms with Crippen molar-refractivity contribution < 1.29 is 27.1 Å². The van der Waals surface area contributed by atoms with Crippen LogP contribution in [0.25, 0.3) is 6.08 Å². The van der Waals surface area contributed by atoms with E-state index in [9.17, 15) is 22.4 Å². The third kappa shape index (κ3) is 6.40. The first-order valence-electron chi connectivity index (χ1n) is 10.4. The van der Waals surface area contributed by atoms with E-state index >= 15 is 0 Å². The Hall–Kier alpha value is -2.75. The van der Waals surface area contributed by atoms with Gasteiger partial charge in [0.2, 0.25) is 15.9 Å². The second-order valence-corrected chi connectivity index (χ2v) is 9.80. The fraction of sp³-hybridized carbons (Fsp3) is 0.304. The molecule has 7 nitrogen and oxygen atoms in total. The van der Waals surface area contributed by atoms with E-state index in [1.165, 1.54) is 16.4 Å². The van der Waals surface area contributed by atoms with Gasteiger partial charge in [-0.3, -0.25) is 4.79 Å². The van der Waals surface area contributed by atoms with Gasteiger partial charge in [-0.2, -0.15) is 4.31 Å². The van der Waals surface area contributed by atoms with E-state index < -0.39 is 21.8 Å². The number of ether oxygens (including phenoxy) is 1. The summed E-state index contributed by atoms with van der Waals surface area (Å²) in [7, 11) is -3.82. The van der Waals surface area contributed by atoms with Gasteiger partial charge in [-0.1, -0.05) is 23.7 Å². The van der Waals surface area contributed by atoms with Crippen LogP contribution in [0.15, 0.2) is 53.4 Å². The number of esters is 1. The molecule has 1 aliphatic heterocycles. The summed E-state index contributed by atoms with van der Waals surface area (Å²) < 4.78 is 45.1. The molecule has 10 heteroatoms. The Morgan fingerprint density at radius 2 is 1.85 bits per heavy atom. The zero-order chi connectivity index (χ0) is 24.0. The van der Waals surface area contributed by atoms with Gasteiger partial charge in [0.1, 0.15) is 5.82 Å². The molecule has 3 rings (SSSR count). The molecule has 1 heterocycles. The van der Waals surface area contributed by atoms with Crippen molar-refractivity contribution >= 4 is 45.3 Å². The predicted molar refractivity (Wildman–Crippen MR) is 124 cm³/mol. The molecule has 1 aliphatic rings. The molecule has 0 atom stereocenters. The highest BCUT2D eigenvalue weighted by Gasteiger charge is 2.32. The lowest BCUT2D eigenvalue weighted by atomic mass is 9.97. The van der Waals surface area contributed by atoms with Crippen molar-refractivity contribution in [2.24, 2.45) is 5.92 Å². The zero-order valence-corrected chi connectivity index (χ0v) is 19.5. The summed E-state index contributed by atoms with van der Waals surface area (Å²) in [5.74, 6) is -1.64. The second-order valence-electron chi connectivity index (χ2n) is 7.45. The molecule has 176 valence electrons. The first-order valence-corrected chi connectivity index (χ1v) is 12.2. The van der Waals surface area contributed by atoms with Crippen LogP contribution in [0.1, 0.15) is 25.3 Å². The standard InChI is InChI=1S/C23H24ClFN2O5S/c1-2-32-22(28)10-5-16-3-6-18(7-4-16)26-23(29)17-11-13-27(14-12-17)33(30,31)19-8-9-21(25)20(24)15-19/h3-10,15,17H,2,11-14H2,1H3,(H,26,29)/b10-5+. The van der Waals surface area contributed by atoms with Crippen LogP contribution >= 0.6 is 11.6 Å². The summed E-state index contributed by atoms with van der Waals surface area (Å²) in [5.41, 5.74) is 1.38. The van der Waals surface area contributed by atoms with Gasteiger partial charge in [0, 0.05) is 30.8 Å². The second kappa shape index (κ2) is 10.9. The Labute approximate surface area is 197 Å². The summed E-state index contributed by atoms with van der Waals surface area (Å²) in [4.78, 5) is 23.9. The Bertz CT molecular complexity index is 1140. The van der Waals surface area contributed by atoms with Crippen molar-refractivity contribution in [1.82, 2.24) is 4.31 Å². The largest absolute Gasteiger partial charge is 0.463 e. The molecule has 0 aliphatic carbocycles. The number of benzene rings is 2. The van der Waals surface area contributed by atoms with Crippen molar-refractivity contribution in [3.05, 3.63) is 64.9 Å². The van der Waals surface area contributed by atoms with E-state index in [0.717, 1.165) is 17.7 Å². The van der Waals surface area contributed by atoms with Gasteiger partial charge in [0.05, 0.1) is 16.5 Å². The van der Waals surface area contributed by atoms with E-state index in [4.69, 9.17) is 16.3 Å². The van der Waals surface area contributed by atoms with Gasteiger partial charge in [-0.25, -0.2) is 17.6 Å². The Morgan fingerprint density at radius 1 is 1.18 bits per heavy atom. The minimum Gasteiger partial charge on any atom is -0.463 e. The van der Waals surface area contributed by atoms with Crippen LogP contribution in [0.3, 0.4) is 0 Å². The van der Waals surface area contributed by atoms with Crippen LogP contribution in [0, 0.1) is 11.7 Å². The topological polar surface area (TPSA) is 92.8 Å². The third-order valence-corrected chi connectivity index (χ3v) is 7.41. The first kappa shape index (κ1) is 24.9. The highest BCUT2D eigenvalue weighted by molar-refractivity contribution is 7.89. The predicted octanol–water partition coefficient (Wildman–Crippen LogP) is 4.09. The number of hydrogen-bond donors (Lipinski definition) is 1. The van der Waals surface area contributed by atoms with E-state index in [0.29, 0.717) is 25.1 Å². The van der Waals surface area contributed by atoms with Crippen LogP contribution in [0.5, 0.6) is 0 Å². The molecule has 1 amide bonds. The average molecular weight is 495 g/mol. The maximum atomic E-state index is 13.4. The molecule has 0 unspecified atom stereocenters. The fourth-order valence-corrected chi connectivity index (χ4v) is 5.16. The van der Waals surface area contributed by atoms with E-state index in [1.807, 2.05) is 0 Å². The van der Waals surface area contributed by atoms with E-state index in [-0.39, 0.29) is 34.8 Å². The molecule has 0 spiro atoms. The first-order chi connectivity index (χ1) is 15.7. The summed E-state index contributed by atoms with van der Waals surface area (Å²) in [5, 5.41) is 2.58. The van der Waals surface area contributed by atoms with Gasteiger partial charge >= 0.3 is 5.97 Å². The number of nitrogens with one attached hydrogen (secondary N) is 1. The molecule has 2 aromatic carbocycles. The smallest absolute Gasteiger partial charge is 0.330 e. The zero-order valence-electron chi connectivity index (χ0n) is 18.0. The molecular formula is C23H24ClFN2O5S. The maximum absolute atomic E-state index is 13.4. The summed E-state index contributed by atoms with van der Waals surface area (Å²) in [6, 6.07) is 10.3. The minimum atomic E-state index is -3.82. The molecule has 1 N–H and O–H groups in total. The lowest BCUT2D eigenvalue weighted by Crippen LogP contribution is -2.41. The monoisotopic (exact) mass is 494 g/mol. The number of hydrogen-bond acceptors (Lipinski definition) is 5. The van der Waals surface area contributed by atoms with Crippen molar-refractivity contribution in [1.29, 1.82) is 0 Å². The Morgan fingerprint density at radius 3 is 2.45 bits per heavy atom. The molecule has 33 heavy (non-hydrogen) atoms. The van der Waals surface area contributed by atoms with Crippen LogP contribution in [0.4, 0.5) is 10.1 Å². The van der Waals surface area contributed by atoms with Crippen molar-refractivity contribution in [3.8, 4) is 0 Å². The van der Waals surface area contributed by atoms with Gasteiger partial charge in [-0.15, -0.1) is 0 Å². The number of rotatable bonds is 7. The molecule has 1 fully saturated rings. The Kier molecular flexibility index (Phi) is 8.23. The number of halogens is 2. The van der Waals surface area contributed by atoms with E-state index in [1.54, 1.807) is 37.3 Å². The Balaban J connectivity index is 1.55. The van der Waals surface area contributed by atoms with Gasteiger partial charge in [-0.05, 0) is 61.7 Å². The number of anilines is 1. The number of sulfonamides is 1. The number of piperidine rings is 1. The fourth-order valence-electron chi connectivity index (χ4n) is 3.42. The van der Waals surface area contributed by atoms with Gasteiger partial charge in [0.25, 0.3) is 0 Å². The maximum Gasteiger partial charge on any atom is 0.330 e. The molecule has 0 aromatic heterocycles. The number of nitrogens with zero attached hydrogens (tertiary/aromatic N) is 1. The number of carbonyl (C=O) groups is 2. The van der Waals surface area contributed by atoms with Crippen LogP contribution in [-0.4, -0.2) is 44.3 Å². The summed E-state index contributed by atoms with van der Waals surface area (Å²) in [6.07, 6.45) is 3.67. The molecule has 1 saturated heterocycles. The average Bonchev–Trinajstić information content (AvgIpc) is 2.80. The number of amides is 1. The molecule has 0 saturated carbocycles. The lowest BCUT2D eigenvalue weighted by Gasteiger charge is -2.30. The van der Waals surface area contributed by atoms with E-state index in [2.05, 4.69) is 5.32 Å². The van der Waals surface area contributed by atoms with Crippen molar-refractivity contribution in [3.63, 3.8) is 0 Å². The molecular weight excluding hydrogens is 471 g/mol. The van der Waals surface area contributed by atoms with Crippen LogP contribution < -0.4 is 5.32 Å². The highest BCUT2D eigenvalue weighted by atomic mass is 35.5. The van der Waals surface area contributed by atoms with Crippen LogP contribution in [0.2, 0.25) is 5.02 Å². The normalized spacial score (nSPS) is 15.5. The van der Waals surface area contributed by atoms with Gasteiger partial charge < -0.3 is 10.1 Å². The summed E-state index contributed by atoms with van der Waals surface area (Å²) >= 11 is 5.72. The SMILES string of the molecule is CCOC(=O)/C=C/c1ccc(NC(=O)C2CCN(S(=O)(=O)c3ccc(F)c(Cl)c3)CC2)cc1. The highest BCUT2D eigenvalue weighted by Crippen LogP contribution is 2.27. The van der Waals surface area contributed by atoms with Crippen LogP contribution in [-0.2, 0) is 24.3 Å². The minimum absolute atomic E-state index is 0.0751. The van der Waals surface area contributed by atoms with Gasteiger partial charge in [0.15, 0.2) is 0 Å². The van der Waals surface area contributed by atoms with Crippen molar-refractivity contribution in [2.45, 2.75) is 24.7 Å². The quantitative estimate of drug-likeness (QED) is 0.462. The number of carbonyl (C=O) groups excluding carboxylic acids is 2.